The Kier molecular flexibility index (Phi) is 5.76. The third-order valence-electron chi connectivity index (χ3n) is 3.15. The molecule has 112 valence electrons. The monoisotopic (exact) mass is 280 g/mol. The number of carbonyl (C=O) groups is 1. The Morgan fingerprint density at radius 1 is 1.40 bits per heavy atom. The average molecular weight is 280 g/mol. The number of hydrogen-bond acceptors (Lipinski definition) is 5. The molecule has 0 spiro atoms. The van der Waals surface area contributed by atoms with Crippen molar-refractivity contribution in [3.8, 4) is 0 Å². The summed E-state index contributed by atoms with van der Waals surface area (Å²) in [5.41, 5.74) is 6.24. The number of anilines is 2. The molecule has 0 radical (unpaired) electrons. The van der Waals surface area contributed by atoms with Gasteiger partial charge in [-0.15, -0.1) is 0 Å². The Labute approximate surface area is 120 Å². The zero-order chi connectivity index (χ0) is 15.3. The van der Waals surface area contributed by atoms with Crippen LogP contribution in [-0.4, -0.2) is 46.1 Å². The second-order valence-electron chi connectivity index (χ2n) is 5.32. The molecule has 20 heavy (non-hydrogen) atoms. The lowest BCUT2D eigenvalue weighted by Gasteiger charge is -2.30. The standard InChI is InChI=1S/C14H24N4O2/c1-9(2)18(10(3)4)6-5-16-13-12(15)7-11(8-17-13)14(19)20/h7-10H,5-6,15H2,1-4H3,(H,16,17)(H,19,20). The van der Waals surface area contributed by atoms with Crippen LogP contribution in [0.5, 0.6) is 0 Å². The van der Waals surface area contributed by atoms with Crippen LogP contribution in [0.4, 0.5) is 11.5 Å². The molecule has 6 heteroatoms. The van der Waals surface area contributed by atoms with E-state index in [1.807, 2.05) is 0 Å². The van der Waals surface area contributed by atoms with Crippen LogP contribution >= 0.6 is 0 Å². The molecule has 0 saturated carbocycles. The second kappa shape index (κ2) is 7.09. The highest BCUT2D eigenvalue weighted by molar-refractivity contribution is 5.89. The van der Waals surface area contributed by atoms with Crippen molar-refractivity contribution in [2.75, 3.05) is 24.1 Å². The van der Waals surface area contributed by atoms with Crippen molar-refractivity contribution in [2.45, 2.75) is 39.8 Å². The van der Waals surface area contributed by atoms with Crippen LogP contribution in [-0.2, 0) is 0 Å². The SMILES string of the molecule is CC(C)N(CCNc1ncc(C(=O)O)cc1N)C(C)C. The molecular formula is C14H24N4O2. The Morgan fingerprint density at radius 3 is 2.45 bits per heavy atom. The fourth-order valence-electron chi connectivity index (χ4n) is 2.16. The number of carboxylic acids is 1. The molecule has 4 N–H and O–H groups in total. The van der Waals surface area contributed by atoms with Gasteiger partial charge in [-0.2, -0.15) is 0 Å². The zero-order valence-corrected chi connectivity index (χ0v) is 12.6. The molecule has 1 heterocycles. The summed E-state index contributed by atoms with van der Waals surface area (Å²) in [5, 5.41) is 12.0. The normalized spacial score (nSPS) is 11.3. The van der Waals surface area contributed by atoms with Gasteiger partial charge in [-0.1, -0.05) is 0 Å². The lowest BCUT2D eigenvalue weighted by molar-refractivity contribution is 0.0696. The smallest absolute Gasteiger partial charge is 0.337 e. The number of carboxylic acid groups (broad SMARTS) is 1. The molecule has 1 rings (SSSR count). The number of rotatable bonds is 7. The topological polar surface area (TPSA) is 91.5 Å². The molecule has 0 aliphatic rings. The Hall–Kier alpha value is -1.82. The number of aromatic carboxylic acids is 1. The first-order valence-electron chi connectivity index (χ1n) is 6.81. The van der Waals surface area contributed by atoms with Gasteiger partial charge < -0.3 is 16.2 Å². The number of nitrogen functional groups attached to an aromatic ring is 1. The molecule has 0 bridgehead atoms. The quantitative estimate of drug-likeness (QED) is 0.706. The van der Waals surface area contributed by atoms with E-state index in [4.69, 9.17) is 10.8 Å². The summed E-state index contributed by atoms with van der Waals surface area (Å²) in [6.45, 7) is 10.2. The molecule has 0 aromatic carbocycles. The predicted molar refractivity (Wildman–Crippen MR) is 81.1 cm³/mol. The van der Waals surface area contributed by atoms with Crippen molar-refractivity contribution in [3.05, 3.63) is 17.8 Å². The van der Waals surface area contributed by atoms with Crippen LogP contribution in [0.25, 0.3) is 0 Å². The molecular weight excluding hydrogens is 256 g/mol. The van der Waals surface area contributed by atoms with Crippen molar-refractivity contribution < 1.29 is 9.90 Å². The van der Waals surface area contributed by atoms with E-state index >= 15 is 0 Å². The average Bonchev–Trinajstić information content (AvgIpc) is 2.34. The van der Waals surface area contributed by atoms with Gasteiger partial charge in [-0.25, -0.2) is 9.78 Å². The lowest BCUT2D eigenvalue weighted by Crippen LogP contribution is -2.40. The molecule has 1 aromatic rings. The molecule has 0 aliphatic heterocycles. The minimum atomic E-state index is -1.03. The van der Waals surface area contributed by atoms with Crippen molar-refractivity contribution in [1.29, 1.82) is 0 Å². The Balaban J connectivity index is 2.60. The highest BCUT2D eigenvalue weighted by atomic mass is 16.4. The van der Waals surface area contributed by atoms with E-state index in [0.29, 0.717) is 30.1 Å². The molecule has 0 saturated heterocycles. The summed E-state index contributed by atoms with van der Waals surface area (Å²) in [6.07, 6.45) is 1.31. The van der Waals surface area contributed by atoms with E-state index in [-0.39, 0.29) is 5.56 Å². The first-order valence-corrected chi connectivity index (χ1v) is 6.81. The van der Waals surface area contributed by atoms with Gasteiger partial charge in [0.1, 0.15) is 5.82 Å². The van der Waals surface area contributed by atoms with Crippen LogP contribution in [0.15, 0.2) is 12.3 Å². The molecule has 6 nitrogen and oxygen atoms in total. The van der Waals surface area contributed by atoms with E-state index in [1.165, 1.54) is 12.3 Å². The summed E-state index contributed by atoms with van der Waals surface area (Å²) >= 11 is 0. The lowest BCUT2D eigenvalue weighted by atomic mass is 10.2. The number of aromatic nitrogens is 1. The molecule has 0 unspecified atom stereocenters. The number of pyridine rings is 1. The minimum absolute atomic E-state index is 0.0963. The Bertz CT molecular complexity index is 452. The Morgan fingerprint density at radius 2 is 2.00 bits per heavy atom. The zero-order valence-electron chi connectivity index (χ0n) is 12.6. The van der Waals surface area contributed by atoms with Crippen LogP contribution in [0.3, 0.4) is 0 Å². The largest absolute Gasteiger partial charge is 0.478 e. The van der Waals surface area contributed by atoms with Crippen molar-refractivity contribution in [2.24, 2.45) is 0 Å². The molecule has 0 aliphatic carbocycles. The predicted octanol–water partition coefficient (Wildman–Crippen LogP) is 1.89. The highest BCUT2D eigenvalue weighted by Gasteiger charge is 2.13. The van der Waals surface area contributed by atoms with Gasteiger partial charge in [0.2, 0.25) is 0 Å². The summed E-state index contributed by atoms with van der Waals surface area (Å²) in [4.78, 5) is 17.2. The first kappa shape index (κ1) is 16.2. The maximum absolute atomic E-state index is 10.8. The van der Waals surface area contributed by atoms with E-state index in [0.717, 1.165) is 6.54 Å². The third kappa shape index (κ3) is 4.38. The van der Waals surface area contributed by atoms with Crippen molar-refractivity contribution >= 4 is 17.5 Å². The van der Waals surface area contributed by atoms with Crippen LogP contribution in [0, 0.1) is 0 Å². The van der Waals surface area contributed by atoms with Gasteiger partial charge in [0, 0.05) is 31.4 Å². The van der Waals surface area contributed by atoms with Gasteiger partial charge in [-0.05, 0) is 33.8 Å². The third-order valence-corrected chi connectivity index (χ3v) is 3.15. The van der Waals surface area contributed by atoms with Gasteiger partial charge in [-0.3, -0.25) is 4.90 Å². The van der Waals surface area contributed by atoms with Crippen molar-refractivity contribution in [3.63, 3.8) is 0 Å². The highest BCUT2D eigenvalue weighted by Crippen LogP contribution is 2.16. The molecule has 0 fully saturated rings. The summed E-state index contributed by atoms with van der Waals surface area (Å²) in [7, 11) is 0. The van der Waals surface area contributed by atoms with Crippen LogP contribution in [0.2, 0.25) is 0 Å². The number of nitrogens with two attached hydrogens (primary N) is 1. The summed E-state index contributed by atoms with van der Waals surface area (Å²) < 4.78 is 0. The summed E-state index contributed by atoms with van der Waals surface area (Å²) in [5.74, 6) is -0.496. The van der Waals surface area contributed by atoms with E-state index in [2.05, 4.69) is 42.9 Å². The van der Waals surface area contributed by atoms with Gasteiger partial charge >= 0.3 is 5.97 Å². The summed E-state index contributed by atoms with van der Waals surface area (Å²) in [6, 6.07) is 2.35. The minimum Gasteiger partial charge on any atom is -0.478 e. The van der Waals surface area contributed by atoms with E-state index in [1.54, 1.807) is 0 Å². The van der Waals surface area contributed by atoms with Crippen LogP contribution in [0.1, 0.15) is 38.1 Å². The van der Waals surface area contributed by atoms with Crippen molar-refractivity contribution in [1.82, 2.24) is 9.88 Å². The van der Waals surface area contributed by atoms with Gasteiger partial charge in [0.25, 0.3) is 0 Å². The first-order chi connectivity index (χ1) is 9.32. The molecule has 0 amide bonds. The molecule has 0 atom stereocenters. The molecule has 1 aromatic heterocycles. The fraction of sp³-hybridized carbons (Fsp3) is 0.571. The maximum Gasteiger partial charge on any atom is 0.337 e. The van der Waals surface area contributed by atoms with Gasteiger partial charge in [0.15, 0.2) is 0 Å². The number of hydrogen-bond donors (Lipinski definition) is 3. The fourth-order valence-corrected chi connectivity index (χ4v) is 2.16. The number of nitrogens with zero attached hydrogens (tertiary/aromatic N) is 2. The van der Waals surface area contributed by atoms with E-state index < -0.39 is 5.97 Å². The second-order valence-corrected chi connectivity index (χ2v) is 5.32. The van der Waals surface area contributed by atoms with Gasteiger partial charge in [0.05, 0.1) is 11.3 Å². The maximum atomic E-state index is 10.8. The van der Waals surface area contributed by atoms with Crippen LogP contribution < -0.4 is 11.1 Å². The van der Waals surface area contributed by atoms with E-state index in [9.17, 15) is 4.79 Å². The number of nitrogens with one attached hydrogen (secondary N) is 1.